The predicted molar refractivity (Wildman–Crippen MR) is 83.2 cm³/mol. The van der Waals surface area contributed by atoms with E-state index in [4.69, 9.17) is 11.6 Å². The summed E-state index contributed by atoms with van der Waals surface area (Å²) in [4.78, 5) is 7.36. The van der Waals surface area contributed by atoms with Crippen LogP contribution in [0.2, 0.25) is 5.02 Å². The van der Waals surface area contributed by atoms with Crippen LogP contribution in [-0.4, -0.2) is 16.5 Å². The van der Waals surface area contributed by atoms with Crippen LogP contribution in [0.4, 0.5) is 5.69 Å². The van der Waals surface area contributed by atoms with Crippen LogP contribution in [0, 0.1) is 11.8 Å². The van der Waals surface area contributed by atoms with E-state index in [0.717, 1.165) is 23.2 Å². The molecule has 3 atom stereocenters. The number of halogens is 1. The molecular formula is C16H20ClN3. The van der Waals surface area contributed by atoms with Gasteiger partial charge in [0.05, 0.1) is 6.33 Å². The van der Waals surface area contributed by atoms with E-state index in [-0.39, 0.29) is 0 Å². The van der Waals surface area contributed by atoms with E-state index in [2.05, 4.69) is 22.2 Å². The Morgan fingerprint density at radius 2 is 2.20 bits per heavy atom. The summed E-state index contributed by atoms with van der Waals surface area (Å²) in [5, 5.41) is 4.31. The molecule has 0 saturated heterocycles. The minimum atomic E-state index is 0.675. The molecule has 3 rings (SSSR count). The number of imidazole rings is 1. The van der Waals surface area contributed by atoms with Crippen molar-refractivity contribution in [1.29, 1.82) is 0 Å². The fraction of sp³-hybridized carbons (Fsp3) is 0.438. The van der Waals surface area contributed by atoms with Crippen molar-refractivity contribution < 1.29 is 0 Å². The smallest absolute Gasteiger partial charge is 0.0921 e. The third-order valence-electron chi connectivity index (χ3n) is 4.30. The van der Waals surface area contributed by atoms with E-state index in [9.17, 15) is 0 Å². The lowest BCUT2D eigenvalue weighted by molar-refractivity contribution is 0.460. The Kier molecular flexibility index (Phi) is 3.97. The first kappa shape index (κ1) is 13.5. The molecule has 106 valence electrons. The molecule has 0 radical (unpaired) electrons. The lowest BCUT2D eigenvalue weighted by Gasteiger charge is -2.16. The molecule has 1 fully saturated rings. The topological polar surface area (TPSA) is 40.7 Å². The first-order valence-corrected chi connectivity index (χ1v) is 7.63. The van der Waals surface area contributed by atoms with Crippen LogP contribution in [0.25, 0.3) is 0 Å². The SMILES string of the molecule is CC[C@H](CNc1ccc(Cl)cc1)[C@@H]1C[C@H]1c1cnc[nH]1. The second-order valence-corrected chi connectivity index (χ2v) is 6.01. The highest BCUT2D eigenvalue weighted by molar-refractivity contribution is 6.30. The molecule has 2 aromatic rings. The number of rotatable bonds is 6. The van der Waals surface area contributed by atoms with E-state index < -0.39 is 0 Å². The summed E-state index contributed by atoms with van der Waals surface area (Å²) in [6.07, 6.45) is 6.22. The van der Waals surface area contributed by atoms with Gasteiger partial charge in [-0.25, -0.2) is 4.98 Å². The maximum absolute atomic E-state index is 5.90. The van der Waals surface area contributed by atoms with Crippen molar-refractivity contribution >= 4 is 17.3 Å². The first-order valence-electron chi connectivity index (χ1n) is 7.25. The lowest BCUT2D eigenvalue weighted by atomic mass is 9.98. The Morgan fingerprint density at radius 1 is 1.40 bits per heavy atom. The number of hydrogen-bond acceptors (Lipinski definition) is 2. The minimum absolute atomic E-state index is 0.675. The molecule has 2 N–H and O–H groups in total. The fourth-order valence-electron chi connectivity index (χ4n) is 2.98. The van der Waals surface area contributed by atoms with E-state index in [1.165, 1.54) is 18.5 Å². The zero-order chi connectivity index (χ0) is 13.9. The number of anilines is 1. The molecule has 1 aliphatic carbocycles. The molecular weight excluding hydrogens is 270 g/mol. The van der Waals surface area contributed by atoms with Crippen molar-refractivity contribution in [1.82, 2.24) is 9.97 Å². The number of benzene rings is 1. The second kappa shape index (κ2) is 5.88. The van der Waals surface area contributed by atoms with Crippen LogP contribution in [-0.2, 0) is 0 Å². The summed E-state index contributed by atoms with van der Waals surface area (Å²) in [6, 6.07) is 7.92. The van der Waals surface area contributed by atoms with Crippen LogP contribution >= 0.6 is 11.6 Å². The van der Waals surface area contributed by atoms with Gasteiger partial charge in [-0.1, -0.05) is 24.9 Å². The Labute approximate surface area is 124 Å². The van der Waals surface area contributed by atoms with Gasteiger partial charge in [0, 0.05) is 35.1 Å². The van der Waals surface area contributed by atoms with Crippen LogP contribution in [0.15, 0.2) is 36.8 Å². The summed E-state index contributed by atoms with van der Waals surface area (Å²) in [5.41, 5.74) is 2.44. The number of aromatic nitrogens is 2. The highest BCUT2D eigenvalue weighted by Gasteiger charge is 2.43. The van der Waals surface area contributed by atoms with Gasteiger partial charge in [-0.3, -0.25) is 0 Å². The average molecular weight is 290 g/mol. The summed E-state index contributed by atoms with van der Waals surface area (Å²) in [6.45, 7) is 3.30. The zero-order valence-corrected chi connectivity index (χ0v) is 12.4. The third-order valence-corrected chi connectivity index (χ3v) is 4.55. The Morgan fingerprint density at radius 3 is 2.85 bits per heavy atom. The van der Waals surface area contributed by atoms with Gasteiger partial charge in [0.25, 0.3) is 0 Å². The maximum Gasteiger partial charge on any atom is 0.0921 e. The molecule has 0 unspecified atom stereocenters. The van der Waals surface area contributed by atoms with Gasteiger partial charge in [0.15, 0.2) is 0 Å². The minimum Gasteiger partial charge on any atom is -0.385 e. The van der Waals surface area contributed by atoms with Gasteiger partial charge in [0.2, 0.25) is 0 Å². The molecule has 1 aromatic carbocycles. The Hall–Kier alpha value is -1.48. The number of hydrogen-bond donors (Lipinski definition) is 2. The van der Waals surface area contributed by atoms with Crippen molar-refractivity contribution in [2.24, 2.45) is 11.8 Å². The fourth-order valence-corrected chi connectivity index (χ4v) is 3.10. The quantitative estimate of drug-likeness (QED) is 0.832. The number of aromatic amines is 1. The monoisotopic (exact) mass is 289 g/mol. The largest absolute Gasteiger partial charge is 0.385 e. The van der Waals surface area contributed by atoms with Gasteiger partial charge in [-0.2, -0.15) is 0 Å². The van der Waals surface area contributed by atoms with Gasteiger partial charge in [0.1, 0.15) is 0 Å². The summed E-state index contributed by atoms with van der Waals surface area (Å²) >= 11 is 5.90. The van der Waals surface area contributed by atoms with Crippen LogP contribution < -0.4 is 5.32 Å². The molecule has 3 nitrogen and oxygen atoms in total. The van der Waals surface area contributed by atoms with Crippen molar-refractivity contribution in [3.05, 3.63) is 47.5 Å². The molecule has 4 heteroatoms. The van der Waals surface area contributed by atoms with Crippen molar-refractivity contribution in [2.75, 3.05) is 11.9 Å². The van der Waals surface area contributed by atoms with Gasteiger partial charge in [-0.15, -0.1) is 0 Å². The van der Waals surface area contributed by atoms with Crippen molar-refractivity contribution in [3.63, 3.8) is 0 Å². The zero-order valence-electron chi connectivity index (χ0n) is 11.6. The highest BCUT2D eigenvalue weighted by Crippen LogP contribution is 2.52. The lowest BCUT2D eigenvalue weighted by Crippen LogP contribution is -2.16. The summed E-state index contributed by atoms with van der Waals surface area (Å²) in [5.74, 6) is 2.16. The Bertz CT molecular complexity index is 535. The standard InChI is InChI=1S/C16H20ClN3/c1-2-11(8-19-13-5-3-12(17)4-6-13)14-7-15(14)16-9-18-10-20-16/h3-6,9-11,14-15,19H,2,7-8H2,1H3,(H,18,20)/t11-,14+,15-/m1/s1. The third kappa shape index (κ3) is 2.98. The molecule has 1 heterocycles. The molecule has 1 aliphatic rings. The van der Waals surface area contributed by atoms with Gasteiger partial charge in [-0.05, 0) is 42.5 Å². The number of H-pyrrole nitrogens is 1. The normalized spacial score (nSPS) is 22.5. The molecule has 0 aliphatic heterocycles. The number of nitrogens with one attached hydrogen (secondary N) is 2. The highest BCUT2D eigenvalue weighted by atomic mass is 35.5. The molecule has 1 aromatic heterocycles. The first-order chi connectivity index (χ1) is 9.78. The van der Waals surface area contributed by atoms with Crippen LogP contribution in [0.5, 0.6) is 0 Å². The molecule has 1 saturated carbocycles. The van der Waals surface area contributed by atoms with Crippen LogP contribution in [0.3, 0.4) is 0 Å². The Balaban J connectivity index is 1.54. The van der Waals surface area contributed by atoms with Gasteiger partial charge < -0.3 is 10.3 Å². The molecule has 20 heavy (non-hydrogen) atoms. The van der Waals surface area contributed by atoms with Crippen LogP contribution in [0.1, 0.15) is 31.4 Å². The maximum atomic E-state index is 5.90. The van der Waals surface area contributed by atoms with Crippen molar-refractivity contribution in [2.45, 2.75) is 25.7 Å². The average Bonchev–Trinajstić information content (AvgIpc) is 3.06. The summed E-state index contributed by atoms with van der Waals surface area (Å²) in [7, 11) is 0. The van der Waals surface area contributed by atoms with E-state index in [1.807, 2.05) is 30.5 Å². The van der Waals surface area contributed by atoms with E-state index in [0.29, 0.717) is 11.8 Å². The predicted octanol–water partition coefficient (Wildman–Crippen LogP) is 4.30. The van der Waals surface area contributed by atoms with Gasteiger partial charge >= 0.3 is 0 Å². The molecule has 0 amide bonds. The van der Waals surface area contributed by atoms with E-state index in [1.54, 1.807) is 6.33 Å². The molecule has 0 bridgehead atoms. The molecule has 0 spiro atoms. The van der Waals surface area contributed by atoms with Crippen molar-refractivity contribution in [3.8, 4) is 0 Å². The van der Waals surface area contributed by atoms with E-state index >= 15 is 0 Å². The number of nitrogens with zero attached hydrogens (tertiary/aromatic N) is 1. The second-order valence-electron chi connectivity index (χ2n) is 5.57. The summed E-state index contributed by atoms with van der Waals surface area (Å²) < 4.78 is 0.